The van der Waals surface area contributed by atoms with Gasteiger partial charge in [-0.15, -0.1) is 11.3 Å². The molecule has 5 N–H and O–H groups in total. The Morgan fingerprint density at radius 3 is 2.62 bits per heavy atom. The molecule has 0 spiro atoms. The zero-order valence-electron chi connectivity index (χ0n) is 13.1. The van der Waals surface area contributed by atoms with Gasteiger partial charge in [-0.05, 0) is 49.5 Å². The minimum Gasteiger partial charge on any atom is -0.366 e. The molecule has 1 saturated heterocycles. The van der Waals surface area contributed by atoms with Crippen LogP contribution in [0, 0.1) is 0 Å². The zero-order chi connectivity index (χ0) is 17.1. The summed E-state index contributed by atoms with van der Waals surface area (Å²) in [6, 6.07) is 4.72. The molecule has 1 aliphatic rings. The van der Waals surface area contributed by atoms with Crippen molar-refractivity contribution < 1.29 is 9.59 Å². The van der Waals surface area contributed by atoms with Gasteiger partial charge in [0.2, 0.25) is 5.91 Å². The van der Waals surface area contributed by atoms with Gasteiger partial charge in [0, 0.05) is 12.1 Å². The van der Waals surface area contributed by atoms with E-state index in [1.54, 1.807) is 11.4 Å². The highest BCUT2D eigenvalue weighted by Crippen LogP contribution is 2.34. The number of thiophene rings is 1. The van der Waals surface area contributed by atoms with E-state index in [-0.39, 0.29) is 0 Å². The Morgan fingerprint density at radius 1 is 1.21 bits per heavy atom. The number of aromatic nitrogens is 1. The lowest BCUT2D eigenvalue weighted by Crippen LogP contribution is -2.22. The Bertz CT molecular complexity index is 768. The van der Waals surface area contributed by atoms with E-state index in [0.717, 1.165) is 25.3 Å². The van der Waals surface area contributed by atoms with Crippen LogP contribution >= 0.6 is 11.3 Å². The number of pyridine rings is 1. The lowest BCUT2D eigenvalue weighted by Gasteiger charge is -2.16. The Balaban J connectivity index is 1.96. The van der Waals surface area contributed by atoms with Gasteiger partial charge in [-0.2, -0.15) is 0 Å². The number of rotatable bonds is 5. The summed E-state index contributed by atoms with van der Waals surface area (Å²) in [5, 5.41) is 4.34. The molecule has 2 aromatic heterocycles. The SMILES string of the molecule is NC(=O)Nc1nc(CN2CCCC2)ccc1-c1sccc1C(N)=O. The van der Waals surface area contributed by atoms with Crippen LogP contribution in [0.2, 0.25) is 0 Å². The van der Waals surface area contributed by atoms with E-state index in [2.05, 4.69) is 15.2 Å². The van der Waals surface area contributed by atoms with Crippen molar-refractivity contribution >= 4 is 29.1 Å². The maximum Gasteiger partial charge on any atom is 0.317 e. The molecule has 8 heteroatoms. The molecular formula is C16H19N5O2S. The topological polar surface area (TPSA) is 114 Å². The first-order chi connectivity index (χ1) is 11.5. The molecule has 1 fully saturated rings. The van der Waals surface area contributed by atoms with Crippen LogP contribution in [-0.2, 0) is 6.54 Å². The van der Waals surface area contributed by atoms with Gasteiger partial charge in [0.15, 0.2) is 0 Å². The van der Waals surface area contributed by atoms with Crippen molar-refractivity contribution in [3.05, 3.63) is 34.8 Å². The fraction of sp³-hybridized carbons (Fsp3) is 0.312. The maximum atomic E-state index is 11.6. The van der Waals surface area contributed by atoms with Gasteiger partial charge in [-0.25, -0.2) is 9.78 Å². The minimum atomic E-state index is -0.695. The van der Waals surface area contributed by atoms with E-state index in [1.807, 2.05) is 12.1 Å². The Labute approximate surface area is 143 Å². The van der Waals surface area contributed by atoms with Gasteiger partial charge >= 0.3 is 6.03 Å². The summed E-state index contributed by atoms with van der Waals surface area (Å²) in [7, 11) is 0. The molecule has 0 saturated carbocycles. The number of nitrogens with zero attached hydrogens (tertiary/aromatic N) is 2. The molecule has 0 aliphatic carbocycles. The molecule has 2 aromatic rings. The van der Waals surface area contributed by atoms with Crippen LogP contribution in [0.25, 0.3) is 10.4 Å². The van der Waals surface area contributed by atoms with Gasteiger partial charge in [0.1, 0.15) is 5.82 Å². The van der Waals surface area contributed by atoms with E-state index in [4.69, 9.17) is 11.5 Å². The third-order valence-electron chi connectivity index (χ3n) is 3.95. The van der Waals surface area contributed by atoms with Gasteiger partial charge in [-0.1, -0.05) is 0 Å². The lowest BCUT2D eigenvalue weighted by atomic mass is 10.1. The first-order valence-corrected chi connectivity index (χ1v) is 8.59. The normalized spacial score (nSPS) is 14.7. The van der Waals surface area contributed by atoms with Crippen LogP contribution in [0.15, 0.2) is 23.6 Å². The van der Waals surface area contributed by atoms with Crippen LogP contribution in [0.5, 0.6) is 0 Å². The summed E-state index contributed by atoms with van der Waals surface area (Å²) >= 11 is 1.37. The highest BCUT2D eigenvalue weighted by atomic mass is 32.1. The van der Waals surface area contributed by atoms with E-state index in [0.29, 0.717) is 21.8 Å². The van der Waals surface area contributed by atoms with E-state index in [9.17, 15) is 9.59 Å². The number of amides is 3. The second-order valence-electron chi connectivity index (χ2n) is 5.70. The van der Waals surface area contributed by atoms with Crippen molar-refractivity contribution in [2.45, 2.75) is 19.4 Å². The second kappa shape index (κ2) is 6.98. The first kappa shape index (κ1) is 16.4. The first-order valence-electron chi connectivity index (χ1n) is 7.71. The smallest absolute Gasteiger partial charge is 0.317 e. The summed E-state index contributed by atoms with van der Waals surface area (Å²) in [4.78, 5) is 30.4. The average molecular weight is 345 g/mol. The van der Waals surface area contributed by atoms with Crippen LogP contribution < -0.4 is 16.8 Å². The number of nitrogens with two attached hydrogens (primary N) is 2. The van der Waals surface area contributed by atoms with Gasteiger partial charge in [0.25, 0.3) is 0 Å². The molecule has 126 valence electrons. The molecule has 3 rings (SSSR count). The molecule has 0 unspecified atom stereocenters. The summed E-state index contributed by atoms with van der Waals surface area (Å²) in [5.74, 6) is -0.165. The standard InChI is InChI=1S/C16H19N5O2S/c17-14(22)11-5-8-24-13(11)12-4-3-10(9-21-6-1-2-7-21)19-15(12)20-16(18)23/h3-5,8H,1-2,6-7,9H2,(H2,17,22)(H3,18,19,20,23). The van der Waals surface area contributed by atoms with Crippen LogP contribution in [-0.4, -0.2) is 34.9 Å². The van der Waals surface area contributed by atoms with E-state index < -0.39 is 11.9 Å². The molecule has 24 heavy (non-hydrogen) atoms. The second-order valence-corrected chi connectivity index (χ2v) is 6.62. The quantitative estimate of drug-likeness (QED) is 0.769. The number of hydrogen-bond donors (Lipinski definition) is 3. The molecule has 0 radical (unpaired) electrons. The molecule has 0 aromatic carbocycles. The van der Waals surface area contributed by atoms with E-state index in [1.165, 1.54) is 24.2 Å². The molecule has 3 amide bonds. The summed E-state index contributed by atoms with van der Waals surface area (Å²) < 4.78 is 0. The number of urea groups is 1. The average Bonchev–Trinajstić information content (AvgIpc) is 3.18. The largest absolute Gasteiger partial charge is 0.366 e. The van der Waals surface area contributed by atoms with Crippen LogP contribution in [0.3, 0.4) is 0 Å². The molecule has 1 aliphatic heterocycles. The monoisotopic (exact) mass is 345 g/mol. The predicted molar refractivity (Wildman–Crippen MR) is 93.8 cm³/mol. The van der Waals surface area contributed by atoms with Crippen molar-refractivity contribution in [3.63, 3.8) is 0 Å². The third kappa shape index (κ3) is 3.55. The highest BCUT2D eigenvalue weighted by Gasteiger charge is 2.18. The third-order valence-corrected chi connectivity index (χ3v) is 4.90. The molecule has 3 heterocycles. The van der Waals surface area contributed by atoms with Crippen molar-refractivity contribution in [2.75, 3.05) is 18.4 Å². The van der Waals surface area contributed by atoms with Crippen LogP contribution in [0.4, 0.5) is 10.6 Å². The van der Waals surface area contributed by atoms with Crippen LogP contribution in [0.1, 0.15) is 28.9 Å². The predicted octanol–water partition coefficient (Wildman–Crippen LogP) is 2.00. The number of carbonyl (C=O) groups excluding carboxylic acids is 2. The Kier molecular flexibility index (Phi) is 4.77. The molecule has 0 bridgehead atoms. The van der Waals surface area contributed by atoms with Gasteiger partial charge < -0.3 is 11.5 Å². The van der Waals surface area contributed by atoms with E-state index >= 15 is 0 Å². The summed E-state index contributed by atoms with van der Waals surface area (Å²) in [5.41, 5.74) is 12.6. The summed E-state index contributed by atoms with van der Waals surface area (Å²) in [6.07, 6.45) is 2.39. The highest BCUT2D eigenvalue weighted by molar-refractivity contribution is 7.14. The fourth-order valence-electron chi connectivity index (χ4n) is 2.86. The Hall–Kier alpha value is -2.45. The van der Waals surface area contributed by atoms with Crippen molar-refractivity contribution in [3.8, 4) is 10.4 Å². The lowest BCUT2D eigenvalue weighted by molar-refractivity contribution is 0.100. The summed E-state index contributed by atoms with van der Waals surface area (Å²) in [6.45, 7) is 2.83. The number of anilines is 1. The maximum absolute atomic E-state index is 11.6. The molecular weight excluding hydrogens is 326 g/mol. The molecule has 0 atom stereocenters. The number of hydrogen-bond acceptors (Lipinski definition) is 5. The fourth-order valence-corrected chi connectivity index (χ4v) is 3.79. The minimum absolute atomic E-state index is 0.351. The Morgan fingerprint density at radius 2 is 1.96 bits per heavy atom. The van der Waals surface area contributed by atoms with Crippen molar-refractivity contribution in [1.82, 2.24) is 9.88 Å². The number of likely N-dealkylation sites (tertiary alicyclic amines) is 1. The van der Waals surface area contributed by atoms with Crippen molar-refractivity contribution in [1.29, 1.82) is 0 Å². The number of carbonyl (C=O) groups is 2. The van der Waals surface area contributed by atoms with Gasteiger partial charge in [0.05, 0.1) is 16.1 Å². The molecule has 7 nitrogen and oxygen atoms in total. The number of nitrogens with one attached hydrogen (secondary N) is 1. The number of primary amides is 2. The zero-order valence-corrected chi connectivity index (χ0v) is 13.9. The van der Waals surface area contributed by atoms with Gasteiger partial charge in [-0.3, -0.25) is 15.0 Å². The van der Waals surface area contributed by atoms with Crippen molar-refractivity contribution in [2.24, 2.45) is 11.5 Å².